The molecule has 0 atom stereocenters. The Morgan fingerprint density at radius 1 is 1.04 bits per heavy atom. The predicted octanol–water partition coefficient (Wildman–Crippen LogP) is 2.47. The zero-order valence-electron chi connectivity index (χ0n) is 14.1. The van der Waals surface area contributed by atoms with Gasteiger partial charge in [-0.25, -0.2) is 0 Å². The molecule has 0 amide bonds. The van der Waals surface area contributed by atoms with Gasteiger partial charge in [0.15, 0.2) is 0 Å². The van der Waals surface area contributed by atoms with E-state index in [1.165, 1.54) is 55.6 Å². The van der Waals surface area contributed by atoms with Gasteiger partial charge in [0, 0.05) is 70.2 Å². The summed E-state index contributed by atoms with van der Waals surface area (Å²) in [6, 6.07) is 11.8. The van der Waals surface area contributed by atoms with Crippen LogP contribution in [0.2, 0.25) is 0 Å². The van der Waals surface area contributed by atoms with Crippen LogP contribution in [-0.4, -0.2) is 59.8 Å². The van der Waals surface area contributed by atoms with Gasteiger partial charge in [-0.3, -0.25) is 9.80 Å². The molecule has 0 spiro atoms. The highest BCUT2D eigenvalue weighted by atomic mass is 16.5. The number of rotatable bonds is 3. The van der Waals surface area contributed by atoms with E-state index in [4.69, 9.17) is 4.74 Å². The molecule has 2 saturated heterocycles. The van der Waals surface area contributed by atoms with Crippen LogP contribution in [-0.2, 0) is 18.3 Å². The summed E-state index contributed by atoms with van der Waals surface area (Å²) in [4.78, 5) is 5.28. The normalized spacial score (nSPS) is 22.0. The number of benzene rings is 1. The highest BCUT2D eigenvalue weighted by Crippen LogP contribution is 2.21. The number of aromatic nitrogens is 1. The standard InChI is InChI=1S/C19H27N3O/c1-20-18(14-16-4-2-3-5-19(16)20)15-21-8-10-22(11-9-21)17-6-12-23-13-7-17/h2-5,14,17H,6-13,15H2,1H3. The number of ether oxygens (including phenoxy) is 1. The topological polar surface area (TPSA) is 20.6 Å². The third-order valence-electron chi connectivity index (χ3n) is 5.55. The Morgan fingerprint density at radius 3 is 2.52 bits per heavy atom. The predicted molar refractivity (Wildman–Crippen MR) is 93.6 cm³/mol. The van der Waals surface area contributed by atoms with E-state index in [1.807, 2.05) is 0 Å². The second kappa shape index (κ2) is 6.63. The summed E-state index contributed by atoms with van der Waals surface area (Å²) in [5.41, 5.74) is 2.76. The highest BCUT2D eigenvalue weighted by Gasteiger charge is 2.25. The number of aryl methyl sites for hydroxylation is 1. The molecular weight excluding hydrogens is 286 g/mol. The van der Waals surface area contributed by atoms with Crippen LogP contribution in [0.1, 0.15) is 18.5 Å². The molecule has 0 saturated carbocycles. The molecule has 2 fully saturated rings. The Balaban J connectivity index is 1.37. The first-order valence-electron chi connectivity index (χ1n) is 8.89. The minimum Gasteiger partial charge on any atom is -0.381 e. The quantitative estimate of drug-likeness (QED) is 0.868. The van der Waals surface area contributed by atoms with Gasteiger partial charge in [0.2, 0.25) is 0 Å². The molecule has 1 aromatic heterocycles. The van der Waals surface area contributed by atoms with Gasteiger partial charge in [-0.15, -0.1) is 0 Å². The van der Waals surface area contributed by atoms with Crippen molar-refractivity contribution >= 4 is 10.9 Å². The Kier molecular flexibility index (Phi) is 4.38. The van der Waals surface area contributed by atoms with E-state index in [0.717, 1.165) is 25.8 Å². The summed E-state index contributed by atoms with van der Waals surface area (Å²) in [6.07, 6.45) is 2.42. The third-order valence-corrected chi connectivity index (χ3v) is 5.55. The van der Waals surface area contributed by atoms with Crippen molar-refractivity contribution in [2.45, 2.75) is 25.4 Å². The lowest BCUT2D eigenvalue weighted by Gasteiger charge is -2.40. The van der Waals surface area contributed by atoms with Crippen LogP contribution < -0.4 is 0 Å². The van der Waals surface area contributed by atoms with E-state index in [-0.39, 0.29) is 0 Å². The molecule has 4 heteroatoms. The van der Waals surface area contributed by atoms with Gasteiger partial charge in [-0.1, -0.05) is 18.2 Å². The summed E-state index contributed by atoms with van der Waals surface area (Å²) < 4.78 is 7.84. The lowest BCUT2D eigenvalue weighted by molar-refractivity contribution is 0.0123. The van der Waals surface area contributed by atoms with Crippen LogP contribution in [0.5, 0.6) is 0 Å². The van der Waals surface area contributed by atoms with Crippen molar-refractivity contribution in [1.82, 2.24) is 14.4 Å². The fourth-order valence-corrected chi connectivity index (χ4v) is 4.06. The van der Waals surface area contributed by atoms with Gasteiger partial charge in [0.05, 0.1) is 0 Å². The molecule has 23 heavy (non-hydrogen) atoms. The molecule has 4 nitrogen and oxygen atoms in total. The van der Waals surface area contributed by atoms with E-state index >= 15 is 0 Å². The molecule has 1 aromatic carbocycles. The van der Waals surface area contributed by atoms with Crippen LogP contribution in [0, 0.1) is 0 Å². The molecule has 0 N–H and O–H groups in total. The van der Waals surface area contributed by atoms with Gasteiger partial charge < -0.3 is 9.30 Å². The number of piperazine rings is 1. The second-order valence-electron chi connectivity index (χ2n) is 6.91. The van der Waals surface area contributed by atoms with Crippen LogP contribution in [0.25, 0.3) is 10.9 Å². The summed E-state index contributed by atoms with van der Waals surface area (Å²) in [6.45, 7) is 7.72. The smallest absolute Gasteiger partial charge is 0.0480 e. The average Bonchev–Trinajstić information content (AvgIpc) is 2.93. The maximum Gasteiger partial charge on any atom is 0.0480 e. The average molecular weight is 313 g/mol. The van der Waals surface area contributed by atoms with Crippen LogP contribution in [0.4, 0.5) is 0 Å². The summed E-state index contributed by atoms with van der Waals surface area (Å²) >= 11 is 0. The van der Waals surface area contributed by atoms with Crippen LogP contribution >= 0.6 is 0 Å². The van der Waals surface area contributed by atoms with Gasteiger partial charge >= 0.3 is 0 Å². The fraction of sp³-hybridized carbons (Fsp3) is 0.579. The van der Waals surface area contributed by atoms with E-state index < -0.39 is 0 Å². The van der Waals surface area contributed by atoms with Crippen LogP contribution in [0.15, 0.2) is 30.3 Å². The molecule has 0 aliphatic carbocycles. The van der Waals surface area contributed by atoms with Crippen molar-refractivity contribution in [3.8, 4) is 0 Å². The fourth-order valence-electron chi connectivity index (χ4n) is 4.06. The maximum absolute atomic E-state index is 5.49. The third kappa shape index (κ3) is 3.16. The first-order chi connectivity index (χ1) is 11.3. The molecule has 0 unspecified atom stereocenters. The largest absolute Gasteiger partial charge is 0.381 e. The summed E-state index contributed by atoms with van der Waals surface area (Å²) in [5, 5.41) is 1.35. The summed E-state index contributed by atoms with van der Waals surface area (Å²) in [7, 11) is 2.19. The maximum atomic E-state index is 5.49. The first-order valence-corrected chi connectivity index (χ1v) is 8.89. The van der Waals surface area contributed by atoms with Crippen LogP contribution in [0.3, 0.4) is 0 Å². The molecule has 4 rings (SSSR count). The molecule has 3 heterocycles. The Morgan fingerprint density at radius 2 is 1.78 bits per heavy atom. The Labute approximate surface area is 138 Å². The van der Waals surface area contributed by atoms with Gasteiger partial charge in [0.25, 0.3) is 0 Å². The lowest BCUT2D eigenvalue weighted by Crippen LogP contribution is -2.51. The van der Waals surface area contributed by atoms with Crippen molar-refractivity contribution in [3.05, 3.63) is 36.0 Å². The molecule has 2 aliphatic heterocycles. The minimum absolute atomic E-state index is 0.753. The minimum atomic E-state index is 0.753. The molecule has 124 valence electrons. The van der Waals surface area contributed by atoms with E-state index in [0.29, 0.717) is 0 Å². The molecular formula is C19H27N3O. The van der Waals surface area contributed by atoms with Crippen molar-refractivity contribution in [1.29, 1.82) is 0 Å². The van der Waals surface area contributed by atoms with E-state index in [1.54, 1.807) is 0 Å². The number of hydrogen-bond acceptors (Lipinski definition) is 3. The highest BCUT2D eigenvalue weighted by molar-refractivity contribution is 5.81. The Bertz CT molecular complexity index is 652. The van der Waals surface area contributed by atoms with E-state index in [2.05, 4.69) is 51.7 Å². The molecule has 0 bridgehead atoms. The summed E-state index contributed by atoms with van der Waals surface area (Å²) in [5.74, 6) is 0. The SMILES string of the molecule is Cn1c(CN2CCN(C3CCOCC3)CC2)cc2ccccc21. The number of nitrogens with zero attached hydrogens (tertiary/aromatic N) is 3. The van der Waals surface area contributed by atoms with Gasteiger partial charge in [-0.2, -0.15) is 0 Å². The lowest BCUT2D eigenvalue weighted by atomic mass is 10.1. The monoisotopic (exact) mass is 313 g/mol. The zero-order chi connectivity index (χ0) is 15.6. The number of hydrogen-bond donors (Lipinski definition) is 0. The van der Waals surface area contributed by atoms with Crippen molar-refractivity contribution in [2.75, 3.05) is 39.4 Å². The van der Waals surface area contributed by atoms with Crippen molar-refractivity contribution in [3.63, 3.8) is 0 Å². The molecule has 0 radical (unpaired) electrons. The Hall–Kier alpha value is -1.36. The first kappa shape index (κ1) is 15.2. The van der Waals surface area contributed by atoms with Crippen molar-refractivity contribution < 1.29 is 4.74 Å². The van der Waals surface area contributed by atoms with E-state index in [9.17, 15) is 0 Å². The molecule has 2 aromatic rings. The number of fused-ring (bicyclic) bond motifs is 1. The van der Waals surface area contributed by atoms with Gasteiger partial charge in [-0.05, 0) is 30.4 Å². The molecule has 2 aliphatic rings. The van der Waals surface area contributed by atoms with Crippen molar-refractivity contribution in [2.24, 2.45) is 7.05 Å². The second-order valence-corrected chi connectivity index (χ2v) is 6.91. The number of para-hydroxylation sites is 1. The van der Waals surface area contributed by atoms with Gasteiger partial charge in [0.1, 0.15) is 0 Å². The zero-order valence-corrected chi connectivity index (χ0v) is 14.1.